The predicted octanol–water partition coefficient (Wildman–Crippen LogP) is 4.35. The Balaban J connectivity index is 1.45. The van der Waals surface area contributed by atoms with Gasteiger partial charge in [0.25, 0.3) is 0 Å². The highest BCUT2D eigenvalue weighted by molar-refractivity contribution is 6.32. The number of ether oxygens (including phenoxy) is 2. The molecule has 3 rings (SSSR count). The van der Waals surface area contributed by atoms with Crippen LogP contribution in [-0.2, 0) is 29.0 Å². The van der Waals surface area contributed by atoms with Gasteiger partial charge in [-0.15, -0.1) is 0 Å². The number of aryl methyl sites for hydroxylation is 1. The number of nitrogens with one attached hydrogen (secondary N) is 1. The topological polar surface area (TPSA) is 67.9 Å². The standard InChI is InChI=1S/C26H27BN2O4/c1-19-15-23(27)12-11-22(19)13-14-32-25(30)28-24-10-6-9-21(16-24)17-29(2)26(31)33-18-20-7-4-3-5-8-20/h3-12,15-16H,13-14,17-18H2,1-2H3,(H,28,30). The highest BCUT2D eigenvalue weighted by atomic mass is 16.6. The minimum Gasteiger partial charge on any atom is -0.449 e. The lowest BCUT2D eigenvalue weighted by Gasteiger charge is -2.17. The minimum absolute atomic E-state index is 0.216. The van der Waals surface area contributed by atoms with Crippen molar-refractivity contribution in [3.8, 4) is 0 Å². The molecule has 0 fully saturated rings. The van der Waals surface area contributed by atoms with Crippen LogP contribution in [0, 0.1) is 6.92 Å². The fourth-order valence-electron chi connectivity index (χ4n) is 3.32. The molecule has 0 aromatic heterocycles. The molecule has 2 amide bonds. The van der Waals surface area contributed by atoms with Crippen LogP contribution in [-0.4, -0.2) is 38.6 Å². The van der Waals surface area contributed by atoms with Gasteiger partial charge in [-0.3, -0.25) is 5.32 Å². The molecule has 0 aliphatic rings. The van der Waals surface area contributed by atoms with Crippen molar-refractivity contribution < 1.29 is 19.1 Å². The van der Waals surface area contributed by atoms with Gasteiger partial charge in [-0.1, -0.05) is 66.1 Å². The molecule has 0 bridgehead atoms. The summed E-state index contributed by atoms with van der Waals surface area (Å²) in [7, 11) is 7.43. The van der Waals surface area contributed by atoms with Crippen LogP contribution in [0.25, 0.3) is 0 Å². The second-order valence-electron chi connectivity index (χ2n) is 7.79. The number of nitrogens with zero attached hydrogens (tertiary/aromatic N) is 1. The number of amides is 2. The van der Waals surface area contributed by atoms with E-state index in [1.165, 1.54) is 4.90 Å². The molecular weight excluding hydrogens is 415 g/mol. The predicted molar refractivity (Wildman–Crippen MR) is 130 cm³/mol. The third kappa shape index (κ3) is 7.72. The van der Waals surface area contributed by atoms with Crippen molar-refractivity contribution in [2.45, 2.75) is 26.5 Å². The Morgan fingerprint density at radius 3 is 2.45 bits per heavy atom. The molecule has 7 heteroatoms. The summed E-state index contributed by atoms with van der Waals surface area (Å²) in [5.41, 5.74) is 5.23. The molecule has 1 N–H and O–H groups in total. The van der Waals surface area contributed by atoms with Crippen molar-refractivity contribution in [1.29, 1.82) is 0 Å². The number of anilines is 1. The van der Waals surface area contributed by atoms with Crippen LogP contribution in [0.15, 0.2) is 72.8 Å². The summed E-state index contributed by atoms with van der Waals surface area (Å²) in [6.45, 7) is 2.79. The third-order valence-corrected chi connectivity index (χ3v) is 5.08. The maximum atomic E-state index is 12.3. The average molecular weight is 442 g/mol. The summed E-state index contributed by atoms with van der Waals surface area (Å²) in [5.74, 6) is 0. The van der Waals surface area contributed by atoms with Crippen LogP contribution < -0.4 is 10.8 Å². The van der Waals surface area contributed by atoms with Crippen molar-refractivity contribution in [3.63, 3.8) is 0 Å². The number of benzene rings is 3. The molecule has 6 nitrogen and oxygen atoms in total. The molecule has 168 valence electrons. The van der Waals surface area contributed by atoms with E-state index < -0.39 is 12.2 Å². The van der Waals surface area contributed by atoms with Crippen LogP contribution in [0.4, 0.5) is 15.3 Å². The van der Waals surface area contributed by atoms with Gasteiger partial charge < -0.3 is 14.4 Å². The van der Waals surface area contributed by atoms with Crippen molar-refractivity contribution in [1.82, 2.24) is 4.90 Å². The summed E-state index contributed by atoms with van der Waals surface area (Å²) >= 11 is 0. The Labute approximate surface area is 195 Å². The Kier molecular flexibility index (Phi) is 8.53. The Bertz CT molecular complexity index is 1090. The molecule has 0 saturated heterocycles. The normalized spacial score (nSPS) is 10.4. The first-order valence-electron chi connectivity index (χ1n) is 10.7. The van der Waals surface area contributed by atoms with Crippen LogP contribution >= 0.6 is 0 Å². The van der Waals surface area contributed by atoms with Crippen molar-refractivity contribution in [2.75, 3.05) is 19.0 Å². The van der Waals surface area contributed by atoms with E-state index in [-0.39, 0.29) is 13.2 Å². The molecule has 3 aromatic rings. The Morgan fingerprint density at radius 1 is 0.939 bits per heavy atom. The molecular formula is C26H27BN2O4. The van der Waals surface area contributed by atoms with E-state index >= 15 is 0 Å². The van der Waals surface area contributed by atoms with Crippen LogP contribution in [0.1, 0.15) is 22.3 Å². The largest absolute Gasteiger partial charge is 0.449 e. The third-order valence-electron chi connectivity index (χ3n) is 5.08. The molecule has 3 aromatic carbocycles. The van der Waals surface area contributed by atoms with Crippen molar-refractivity contribution >= 4 is 31.2 Å². The Morgan fingerprint density at radius 2 is 1.70 bits per heavy atom. The van der Waals surface area contributed by atoms with E-state index in [1.807, 2.05) is 67.6 Å². The second kappa shape index (κ2) is 11.8. The zero-order valence-electron chi connectivity index (χ0n) is 18.9. The van der Waals surface area contributed by atoms with E-state index in [0.29, 0.717) is 24.1 Å². The summed E-state index contributed by atoms with van der Waals surface area (Å²) < 4.78 is 10.6. The van der Waals surface area contributed by atoms with E-state index in [4.69, 9.17) is 17.3 Å². The molecule has 0 heterocycles. The second-order valence-corrected chi connectivity index (χ2v) is 7.79. The first-order valence-corrected chi connectivity index (χ1v) is 10.7. The quantitative estimate of drug-likeness (QED) is 0.527. The summed E-state index contributed by atoms with van der Waals surface area (Å²) in [5, 5.41) is 2.73. The number of carbonyl (C=O) groups is 2. The van der Waals surface area contributed by atoms with E-state index in [2.05, 4.69) is 5.32 Å². The van der Waals surface area contributed by atoms with E-state index in [9.17, 15) is 9.59 Å². The lowest BCUT2D eigenvalue weighted by molar-refractivity contribution is 0.103. The number of hydrogen-bond donors (Lipinski definition) is 1. The fourth-order valence-corrected chi connectivity index (χ4v) is 3.32. The van der Waals surface area contributed by atoms with Gasteiger partial charge in [0.1, 0.15) is 14.5 Å². The molecule has 0 aliphatic heterocycles. The van der Waals surface area contributed by atoms with Gasteiger partial charge in [0.05, 0.1) is 6.61 Å². The Hall–Kier alpha value is -3.74. The van der Waals surface area contributed by atoms with E-state index in [0.717, 1.165) is 22.3 Å². The molecule has 0 atom stereocenters. The smallest absolute Gasteiger partial charge is 0.411 e. The fraction of sp³-hybridized carbons (Fsp3) is 0.231. The van der Waals surface area contributed by atoms with Crippen LogP contribution in [0.3, 0.4) is 0 Å². The molecule has 0 spiro atoms. The lowest BCUT2D eigenvalue weighted by atomic mass is 9.92. The molecule has 0 saturated carbocycles. The first-order chi connectivity index (χ1) is 15.9. The zero-order chi connectivity index (χ0) is 23.6. The maximum absolute atomic E-state index is 12.3. The van der Waals surface area contributed by atoms with Crippen LogP contribution in [0.5, 0.6) is 0 Å². The van der Waals surface area contributed by atoms with Gasteiger partial charge >= 0.3 is 12.2 Å². The van der Waals surface area contributed by atoms with Gasteiger partial charge in [0.15, 0.2) is 0 Å². The maximum Gasteiger partial charge on any atom is 0.411 e. The van der Waals surface area contributed by atoms with Gasteiger partial charge in [-0.25, -0.2) is 9.59 Å². The highest BCUT2D eigenvalue weighted by Gasteiger charge is 2.12. The van der Waals surface area contributed by atoms with Gasteiger partial charge in [0.2, 0.25) is 0 Å². The zero-order valence-corrected chi connectivity index (χ0v) is 18.9. The van der Waals surface area contributed by atoms with Crippen molar-refractivity contribution in [2.24, 2.45) is 0 Å². The SMILES string of the molecule is [B]c1ccc(CCOC(=O)Nc2cccc(CN(C)C(=O)OCc3ccccc3)c2)c(C)c1. The van der Waals surface area contributed by atoms with Crippen LogP contribution in [0.2, 0.25) is 0 Å². The lowest BCUT2D eigenvalue weighted by Crippen LogP contribution is -2.27. The minimum atomic E-state index is -0.532. The first kappa shape index (κ1) is 23.9. The van der Waals surface area contributed by atoms with Gasteiger partial charge in [0, 0.05) is 25.7 Å². The number of hydrogen-bond acceptors (Lipinski definition) is 4. The molecule has 33 heavy (non-hydrogen) atoms. The number of carbonyl (C=O) groups excluding carboxylic acids is 2. The average Bonchev–Trinajstić information content (AvgIpc) is 2.80. The molecule has 2 radical (unpaired) electrons. The monoisotopic (exact) mass is 442 g/mol. The summed E-state index contributed by atoms with van der Waals surface area (Å²) in [6.07, 6.45) is -0.347. The summed E-state index contributed by atoms with van der Waals surface area (Å²) in [4.78, 5) is 25.9. The molecule has 0 unspecified atom stereocenters. The van der Waals surface area contributed by atoms with Gasteiger partial charge in [-0.05, 0) is 41.3 Å². The van der Waals surface area contributed by atoms with E-state index in [1.54, 1.807) is 19.2 Å². The van der Waals surface area contributed by atoms with Gasteiger partial charge in [-0.2, -0.15) is 0 Å². The molecule has 0 aliphatic carbocycles. The van der Waals surface area contributed by atoms with Crippen molar-refractivity contribution in [3.05, 3.63) is 95.1 Å². The highest BCUT2D eigenvalue weighted by Crippen LogP contribution is 2.14. The number of rotatable bonds is 8. The summed E-state index contributed by atoms with van der Waals surface area (Å²) in [6, 6.07) is 22.4.